The van der Waals surface area contributed by atoms with Crippen LogP contribution in [0.2, 0.25) is 0 Å². The number of rotatable bonds is 8. The highest BCUT2D eigenvalue weighted by Crippen LogP contribution is 2.43. The summed E-state index contributed by atoms with van der Waals surface area (Å²) in [5.74, 6) is 1.79. The van der Waals surface area contributed by atoms with Crippen molar-refractivity contribution in [3.05, 3.63) is 130 Å². The van der Waals surface area contributed by atoms with Crippen molar-refractivity contribution in [1.29, 1.82) is 0 Å². The van der Waals surface area contributed by atoms with Crippen LogP contribution in [0.1, 0.15) is 80.8 Å². The summed E-state index contributed by atoms with van der Waals surface area (Å²) in [7, 11) is 1.65. The van der Waals surface area contributed by atoms with Crippen LogP contribution in [-0.4, -0.2) is 12.2 Å². The summed E-state index contributed by atoms with van der Waals surface area (Å²) in [4.78, 5) is 0. The highest BCUT2D eigenvalue weighted by atomic mass is 35.5. The van der Waals surface area contributed by atoms with Gasteiger partial charge in [-0.1, -0.05) is 114 Å². The van der Waals surface area contributed by atoms with Gasteiger partial charge in [-0.15, -0.1) is 0 Å². The van der Waals surface area contributed by atoms with Gasteiger partial charge in [0, 0.05) is 11.0 Å². The Kier molecular flexibility index (Phi) is 9.19. The Labute approximate surface area is 250 Å². The molecular weight excluding hydrogens is 528 g/mol. The summed E-state index contributed by atoms with van der Waals surface area (Å²) in [6.07, 6.45) is 2.09. The van der Waals surface area contributed by atoms with Gasteiger partial charge in [-0.05, 0) is 80.6 Å². The Morgan fingerprint density at radius 2 is 1.29 bits per heavy atom. The summed E-state index contributed by atoms with van der Waals surface area (Å²) in [6, 6.07) is 30.4. The van der Waals surface area contributed by atoms with Gasteiger partial charge in [0.2, 0.25) is 0 Å². The molecule has 0 fully saturated rings. The number of methoxy groups -OCH3 is 1. The van der Waals surface area contributed by atoms with Gasteiger partial charge in [-0.25, -0.2) is 0 Å². The number of benzene rings is 4. The molecule has 0 aromatic heterocycles. The Hall–Kier alpha value is -3.69. The number of hydrogen-bond acceptors (Lipinski definition) is 3. The number of ether oxygens (including phenoxy) is 2. The lowest BCUT2D eigenvalue weighted by atomic mass is 9.76. The first-order chi connectivity index (χ1) is 19.4. The lowest BCUT2D eigenvalue weighted by Crippen LogP contribution is -2.18. The van der Waals surface area contributed by atoms with Gasteiger partial charge in [-0.2, -0.15) is 0 Å². The van der Waals surface area contributed by atoms with Gasteiger partial charge < -0.3 is 14.6 Å². The Bertz CT molecular complexity index is 1440. The number of hydrogen-bond donors (Lipinski definition) is 1. The molecule has 0 heterocycles. The summed E-state index contributed by atoms with van der Waals surface area (Å²) in [6.45, 7) is 13.3. The molecule has 0 aliphatic rings. The maximum absolute atomic E-state index is 11.4. The fourth-order valence-electron chi connectivity index (χ4n) is 4.87. The molecule has 1 unspecified atom stereocenters. The summed E-state index contributed by atoms with van der Waals surface area (Å²) >= 11 is 6.98. The molecule has 4 aromatic rings. The first-order valence-corrected chi connectivity index (χ1v) is 14.4. The van der Waals surface area contributed by atoms with Crippen LogP contribution in [0.15, 0.2) is 97.1 Å². The first-order valence-electron chi connectivity index (χ1n) is 14.0. The molecule has 1 atom stereocenters. The third-order valence-electron chi connectivity index (χ3n) is 7.27. The van der Waals surface area contributed by atoms with Crippen LogP contribution in [0.3, 0.4) is 0 Å². The summed E-state index contributed by atoms with van der Waals surface area (Å²) in [5, 5.41) is 12.0. The van der Waals surface area contributed by atoms with E-state index < -0.39 is 0 Å². The van der Waals surface area contributed by atoms with E-state index in [9.17, 15) is 5.11 Å². The second kappa shape index (κ2) is 12.4. The smallest absolute Gasteiger partial charge is 0.123 e. The van der Waals surface area contributed by atoms with Crippen molar-refractivity contribution < 1.29 is 14.6 Å². The fraction of sp³-hybridized carbons (Fsp3) is 0.297. The molecule has 0 spiro atoms. The molecule has 0 amide bonds. The zero-order chi connectivity index (χ0) is 29.8. The van der Waals surface area contributed by atoms with Crippen LogP contribution in [0.25, 0.3) is 5.03 Å². The zero-order valence-corrected chi connectivity index (χ0v) is 25.9. The predicted molar refractivity (Wildman–Crippen MR) is 171 cm³/mol. The number of phenols is 1. The van der Waals surface area contributed by atoms with Crippen molar-refractivity contribution in [2.45, 2.75) is 64.9 Å². The van der Waals surface area contributed by atoms with Gasteiger partial charge >= 0.3 is 0 Å². The minimum absolute atomic E-state index is 0.157. The standard InChI is InChI=1S/C37H41ClO3/c1-36(2,3)32-21-28(22-33(35(32)39)37(4,5)6)31(23-34(38)27-15-17-29(40-7)18-16-27)26-13-19-30(20-14-26)41-24-25-11-9-8-10-12-25/h8-23,31,39H,24H2,1-7H3. The molecule has 4 aromatic carbocycles. The Morgan fingerprint density at radius 3 is 1.80 bits per heavy atom. The quantitative estimate of drug-likeness (QED) is 0.230. The average Bonchev–Trinajstić information content (AvgIpc) is 2.94. The minimum Gasteiger partial charge on any atom is -0.507 e. The normalized spacial score (nSPS) is 13.1. The molecule has 3 nitrogen and oxygen atoms in total. The molecule has 41 heavy (non-hydrogen) atoms. The summed E-state index contributed by atoms with van der Waals surface area (Å²) < 4.78 is 11.4. The lowest BCUT2D eigenvalue weighted by molar-refractivity contribution is 0.306. The van der Waals surface area contributed by atoms with Crippen LogP contribution >= 0.6 is 11.6 Å². The van der Waals surface area contributed by atoms with E-state index in [1.165, 1.54) is 0 Å². The van der Waals surface area contributed by atoms with Crippen LogP contribution in [0.5, 0.6) is 17.2 Å². The molecule has 214 valence electrons. The lowest BCUT2D eigenvalue weighted by Gasteiger charge is -2.29. The highest BCUT2D eigenvalue weighted by Gasteiger charge is 2.28. The molecule has 0 saturated heterocycles. The third kappa shape index (κ3) is 7.54. The van der Waals surface area contributed by atoms with Gasteiger partial charge in [0.05, 0.1) is 7.11 Å². The van der Waals surface area contributed by atoms with Gasteiger partial charge in [-0.3, -0.25) is 0 Å². The first kappa shape index (κ1) is 30.3. The predicted octanol–water partition coefficient (Wildman–Crippen LogP) is 9.99. The van der Waals surface area contributed by atoms with Crippen LogP contribution < -0.4 is 9.47 Å². The zero-order valence-electron chi connectivity index (χ0n) is 25.2. The second-order valence-corrected chi connectivity index (χ2v) is 12.9. The van der Waals surface area contributed by atoms with Crippen molar-refractivity contribution in [1.82, 2.24) is 0 Å². The van der Waals surface area contributed by atoms with E-state index in [4.69, 9.17) is 21.1 Å². The van der Waals surface area contributed by atoms with E-state index in [2.05, 4.69) is 84.0 Å². The summed E-state index contributed by atoms with van der Waals surface area (Å²) in [5.41, 5.74) is 5.52. The topological polar surface area (TPSA) is 38.7 Å². The van der Waals surface area contributed by atoms with Crippen molar-refractivity contribution in [3.63, 3.8) is 0 Å². The largest absolute Gasteiger partial charge is 0.507 e. The average molecular weight is 569 g/mol. The molecule has 1 N–H and O–H groups in total. The van der Waals surface area contributed by atoms with E-state index >= 15 is 0 Å². The SMILES string of the molecule is COc1ccc(C(Cl)=CC(c2ccc(OCc3ccccc3)cc2)c2cc(C(C)(C)C)c(O)c(C(C)(C)C)c2)cc1. The molecule has 4 heteroatoms. The van der Waals surface area contributed by atoms with Crippen LogP contribution in [0, 0.1) is 0 Å². The van der Waals surface area contributed by atoms with E-state index in [1.807, 2.05) is 54.6 Å². The van der Waals surface area contributed by atoms with Gasteiger partial charge in [0.15, 0.2) is 0 Å². The van der Waals surface area contributed by atoms with Crippen LogP contribution in [0.4, 0.5) is 0 Å². The molecule has 0 aliphatic carbocycles. The van der Waals surface area contributed by atoms with E-state index in [1.54, 1.807) is 7.11 Å². The maximum Gasteiger partial charge on any atom is 0.123 e. The second-order valence-electron chi connectivity index (χ2n) is 12.5. The van der Waals surface area contributed by atoms with Crippen molar-refractivity contribution in [2.75, 3.05) is 7.11 Å². The molecule has 0 aliphatic heterocycles. The number of halogens is 1. The Balaban J connectivity index is 1.80. The Morgan fingerprint density at radius 1 is 0.756 bits per heavy atom. The maximum atomic E-state index is 11.4. The molecule has 0 bridgehead atoms. The number of phenolic OH excluding ortho intramolecular Hbond substituents is 1. The van der Waals surface area contributed by atoms with Crippen molar-refractivity contribution in [2.24, 2.45) is 0 Å². The minimum atomic E-state index is -0.247. The van der Waals surface area contributed by atoms with Crippen molar-refractivity contribution >= 4 is 16.6 Å². The number of allylic oxidation sites excluding steroid dienone is 1. The highest BCUT2D eigenvalue weighted by molar-refractivity contribution is 6.48. The van der Waals surface area contributed by atoms with E-state index in [-0.39, 0.29) is 16.7 Å². The molecule has 0 radical (unpaired) electrons. The third-order valence-corrected chi connectivity index (χ3v) is 7.62. The fourth-order valence-corrected chi connectivity index (χ4v) is 5.12. The van der Waals surface area contributed by atoms with E-state index in [0.29, 0.717) is 17.4 Å². The number of aromatic hydroxyl groups is 1. The van der Waals surface area contributed by atoms with Gasteiger partial charge in [0.25, 0.3) is 0 Å². The van der Waals surface area contributed by atoms with Crippen molar-refractivity contribution in [3.8, 4) is 17.2 Å². The molecule has 4 rings (SSSR count). The molecule has 0 saturated carbocycles. The molecular formula is C37H41ClO3. The monoisotopic (exact) mass is 568 g/mol. The van der Waals surface area contributed by atoms with E-state index in [0.717, 1.165) is 44.9 Å². The van der Waals surface area contributed by atoms with Gasteiger partial charge in [0.1, 0.15) is 23.9 Å². The van der Waals surface area contributed by atoms with Crippen LogP contribution in [-0.2, 0) is 17.4 Å².